The number of thiophene rings is 1. The van der Waals surface area contributed by atoms with Crippen molar-refractivity contribution >= 4 is 34.8 Å². The molecular formula is C17H19ClN2O2S. The van der Waals surface area contributed by atoms with Crippen molar-refractivity contribution in [3.63, 3.8) is 0 Å². The van der Waals surface area contributed by atoms with Crippen LogP contribution in [0, 0.1) is 0 Å². The van der Waals surface area contributed by atoms with E-state index in [0.29, 0.717) is 29.5 Å². The second kappa shape index (κ2) is 8.70. The molecule has 0 bridgehead atoms. The summed E-state index contributed by atoms with van der Waals surface area (Å²) in [5, 5.41) is 5.27. The molecule has 1 heterocycles. The lowest BCUT2D eigenvalue weighted by Crippen LogP contribution is -2.34. The summed E-state index contributed by atoms with van der Waals surface area (Å²) in [6, 6.07) is 11.1. The fraction of sp³-hybridized carbons (Fsp3) is 0.294. The summed E-state index contributed by atoms with van der Waals surface area (Å²) in [4.78, 5) is 26.5. The van der Waals surface area contributed by atoms with Crippen molar-refractivity contribution in [2.75, 3.05) is 13.1 Å². The van der Waals surface area contributed by atoms with Gasteiger partial charge in [0, 0.05) is 31.1 Å². The van der Waals surface area contributed by atoms with Crippen molar-refractivity contribution in [3.05, 3.63) is 57.2 Å². The normalized spacial score (nSPS) is 10.3. The molecule has 0 radical (unpaired) electrons. The molecule has 1 N–H and O–H groups in total. The first-order valence-corrected chi connectivity index (χ1v) is 8.70. The zero-order valence-electron chi connectivity index (χ0n) is 12.9. The lowest BCUT2D eigenvalue weighted by molar-refractivity contribution is -0.131. The zero-order chi connectivity index (χ0) is 16.7. The Morgan fingerprint density at radius 1 is 1.22 bits per heavy atom. The van der Waals surface area contributed by atoms with Crippen LogP contribution in [0.2, 0.25) is 5.02 Å². The van der Waals surface area contributed by atoms with Crippen LogP contribution in [-0.2, 0) is 11.3 Å². The Kier molecular flexibility index (Phi) is 6.62. The summed E-state index contributed by atoms with van der Waals surface area (Å²) in [6.45, 7) is 3.34. The van der Waals surface area contributed by atoms with Gasteiger partial charge in [0.05, 0.1) is 4.88 Å². The van der Waals surface area contributed by atoms with Crippen molar-refractivity contribution in [2.45, 2.75) is 19.9 Å². The second-order valence-corrected chi connectivity index (χ2v) is 6.34. The largest absolute Gasteiger partial charge is 0.351 e. The van der Waals surface area contributed by atoms with Gasteiger partial charge >= 0.3 is 0 Å². The number of hydrogen-bond donors (Lipinski definition) is 1. The molecule has 6 heteroatoms. The lowest BCUT2D eigenvalue weighted by atomic mass is 10.2. The maximum absolute atomic E-state index is 12.3. The van der Waals surface area contributed by atoms with Gasteiger partial charge in [0.2, 0.25) is 5.91 Å². The highest BCUT2D eigenvalue weighted by Crippen LogP contribution is 2.17. The van der Waals surface area contributed by atoms with Crippen molar-refractivity contribution < 1.29 is 9.59 Å². The number of benzene rings is 1. The second-order valence-electron chi connectivity index (χ2n) is 4.98. The molecule has 0 atom stereocenters. The first kappa shape index (κ1) is 17.5. The Bertz CT molecular complexity index is 658. The van der Waals surface area contributed by atoms with Crippen LogP contribution in [-0.4, -0.2) is 29.8 Å². The molecule has 0 fully saturated rings. The van der Waals surface area contributed by atoms with Crippen LogP contribution in [0.25, 0.3) is 0 Å². The summed E-state index contributed by atoms with van der Waals surface area (Å²) < 4.78 is 0. The monoisotopic (exact) mass is 350 g/mol. The van der Waals surface area contributed by atoms with Gasteiger partial charge < -0.3 is 10.2 Å². The Labute approximate surface area is 145 Å². The Balaban J connectivity index is 1.83. The fourth-order valence-electron chi connectivity index (χ4n) is 2.14. The molecule has 0 aliphatic carbocycles. The predicted octanol–water partition coefficient (Wildman–Crippen LogP) is 3.57. The first-order valence-electron chi connectivity index (χ1n) is 7.44. The molecule has 0 saturated heterocycles. The van der Waals surface area contributed by atoms with Gasteiger partial charge in [-0.1, -0.05) is 35.9 Å². The van der Waals surface area contributed by atoms with E-state index in [9.17, 15) is 9.59 Å². The lowest BCUT2D eigenvalue weighted by Gasteiger charge is -2.21. The molecule has 0 aliphatic heterocycles. The fourth-order valence-corrected chi connectivity index (χ4v) is 2.98. The number of amides is 2. The molecule has 1 aromatic heterocycles. The highest BCUT2D eigenvalue weighted by atomic mass is 35.5. The minimum Gasteiger partial charge on any atom is -0.351 e. The van der Waals surface area contributed by atoms with E-state index in [1.54, 1.807) is 11.0 Å². The molecule has 0 unspecified atom stereocenters. The highest BCUT2D eigenvalue weighted by Gasteiger charge is 2.14. The van der Waals surface area contributed by atoms with Gasteiger partial charge in [-0.25, -0.2) is 0 Å². The summed E-state index contributed by atoms with van der Waals surface area (Å²) >= 11 is 7.52. The summed E-state index contributed by atoms with van der Waals surface area (Å²) in [6.07, 6.45) is 0.273. The molecule has 0 spiro atoms. The van der Waals surface area contributed by atoms with Crippen LogP contribution in [0.5, 0.6) is 0 Å². The van der Waals surface area contributed by atoms with Crippen molar-refractivity contribution in [1.82, 2.24) is 10.2 Å². The maximum atomic E-state index is 12.3. The first-order chi connectivity index (χ1) is 11.1. The summed E-state index contributed by atoms with van der Waals surface area (Å²) in [5.74, 6) is -0.138. The highest BCUT2D eigenvalue weighted by molar-refractivity contribution is 7.12. The average molecular weight is 351 g/mol. The van der Waals surface area contributed by atoms with E-state index < -0.39 is 0 Å². The number of halogens is 1. The number of nitrogens with one attached hydrogen (secondary N) is 1. The predicted molar refractivity (Wildman–Crippen MR) is 93.8 cm³/mol. The summed E-state index contributed by atoms with van der Waals surface area (Å²) in [5.41, 5.74) is 0.923. The van der Waals surface area contributed by atoms with Gasteiger partial charge in [0.25, 0.3) is 5.91 Å². The minimum atomic E-state index is -0.137. The molecule has 122 valence electrons. The molecule has 0 aliphatic rings. The molecule has 2 rings (SSSR count). The van der Waals surface area contributed by atoms with Crippen molar-refractivity contribution in [3.8, 4) is 0 Å². The molecular weight excluding hydrogens is 332 g/mol. The van der Waals surface area contributed by atoms with Crippen molar-refractivity contribution in [1.29, 1.82) is 0 Å². The van der Waals surface area contributed by atoms with Crippen molar-refractivity contribution in [2.24, 2.45) is 0 Å². The van der Waals surface area contributed by atoms with E-state index in [4.69, 9.17) is 11.6 Å². The topological polar surface area (TPSA) is 49.4 Å². The molecule has 1 aromatic carbocycles. The SMILES string of the molecule is CCN(Cc1ccccc1Cl)C(=O)CCNC(=O)c1cccs1. The molecule has 2 amide bonds. The van der Waals surface area contributed by atoms with Gasteiger partial charge in [-0.2, -0.15) is 0 Å². The molecule has 2 aromatic rings. The third-order valence-corrected chi connectivity index (χ3v) is 4.66. The molecule has 0 saturated carbocycles. The van der Waals surface area contributed by atoms with Crippen LogP contribution in [0.3, 0.4) is 0 Å². The number of hydrogen-bond acceptors (Lipinski definition) is 3. The van der Waals surface area contributed by atoms with Crippen LogP contribution in [0.15, 0.2) is 41.8 Å². The van der Waals surface area contributed by atoms with E-state index in [2.05, 4.69) is 5.32 Å². The van der Waals surface area contributed by atoms with Gasteiger partial charge in [0.1, 0.15) is 0 Å². The Hall–Kier alpha value is -1.85. The molecule has 4 nitrogen and oxygen atoms in total. The van der Waals surface area contributed by atoms with E-state index in [1.807, 2.05) is 42.6 Å². The van der Waals surface area contributed by atoms with Crippen LogP contribution >= 0.6 is 22.9 Å². The Morgan fingerprint density at radius 2 is 2.00 bits per heavy atom. The van der Waals surface area contributed by atoms with Gasteiger partial charge in [-0.3, -0.25) is 9.59 Å². The van der Waals surface area contributed by atoms with Crippen LogP contribution in [0.4, 0.5) is 0 Å². The number of carbonyl (C=O) groups is 2. The van der Waals surface area contributed by atoms with Gasteiger partial charge in [0.15, 0.2) is 0 Å². The van der Waals surface area contributed by atoms with E-state index in [0.717, 1.165) is 5.56 Å². The number of carbonyl (C=O) groups excluding carboxylic acids is 2. The van der Waals surface area contributed by atoms with Gasteiger partial charge in [-0.05, 0) is 30.0 Å². The molecule has 23 heavy (non-hydrogen) atoms. The minimum absolute atomic E-state index is 0.00102. The number of nitrogens with zero attached hydrogens (tertiary/aromatic N) is 1. The third-order valence-electron chi connectivity index (χ3n) is 3.42. The van der Waals surface area contributed by atoms with E-state index in [-0.39, 0.29) is 18.2 Å². The van der Waals surface area contributed by atoms with Crippen LogP contribution < -0.4 is 5.32 Å². The smallest absolute Gasteiger partial charge is 0.261 e. The van der Waals surface area contributed by atoms with Crippen LogP contribution in [0.1, 0.15) is 28.6 Å². The standard InChI is InChI=1S/C17H19ClN2O2S/c1-2-20(12-13-6-3-4-7-14(13)18)16(21)9-10-19-17(22)15-8-5-11-23-15/h3-8,11H,2,9-10,12H2,1H3,(H,19,22). The summed E-state index contributed by atoms with van der Waals surface area (Å²) in [7, 11) is 0. The third kappa shape index (κ3) is 5.08. The van der Waals surface area contributed by atoms with E-state index >= 15 is 0 Å². The Morgan fingerprint density at radius 3 is 2.65 bits per heavy atom. The average Bonchev–Trinajstić information content (AvgIpc) is 3.08. The van der Waals surface area contributed by atoms with E-state index in [1.165, 1.54) is 11.3 Å². The van der Waals surface area contributed by atoms with Gasteiger partial charge in [-0.15, -0.1) is 11.3 Å². The zero-order valence-corrected chi connectivity index (χ0v) is 14.5. The number of rotatable bonds is 7. The maximum Gasteiger partial charge on any atom is 0.261 e. The quantitative estimate of drug-likeness (QED) is 0.829.